The van der Waals surface area contributed by atoms with Gasteiger partial charge in [0.2, 0.25) is 5.91 Å². The van der Waals surface area contributed by atoms with Gasteiger partial charge in [0.15, 0.2) is 18.1 Å². The lowest BCUT2D eigenvalue weighted by molar-refractivity contribution is -0.120. The summed E-state index contributed by atoms with van der Waals surface area (Å²) in [6, 6.07) is 14.1. The summed E-state index contributed by atoms with van der Waals surface area (Å²) in [6.07, 6.45) is 0.0917. The molecule has 0 atom stereocenters. The van der Waals surface area contributed by atoms with Gasteiger partial charge in [-0.15, -0.1) is 0 Å². The Balaban J connectivity index is 1.80. The maximum atomic E-state index is 12.2. The number of hydrogen-bond acceptors (Lipinski definition) is 5. The zero-order chi connectivity index (χ0) is 21.9. The molecule has 2 aromatic rings. The molecule has 160 valence electrons. The van der Waals surface area contributed by atoms with Gasteiger partial charge in [-0.2, -0.15) is 0 Å². The Morgan fingerprint density at radius 1 is 1.07 bits per heavy atom. The first-order valence-corrected chi connectivity index (χ1v) is 9.31. The number of carbonyl (C=O) groups is 3. The molecule has 2 rings (SSSR count). The van der Waals surface area contributed by atoms with Crippen molar-refractivity contribution >= 4 is 23.5 Å². The topological polar surface area (TPSA) is 123 Å². The van der Waals surface area contributed by atoms with Crippen LogP contribution >= 0.6 is 0 Å². The number of primary amides is 1. The Labute approximate surface area is 175 Å². The van der Waals surface area contributed by atoms with Gasteiger partial charge in [0.1, 0.15) is 0 Å². The van der Waals surface area contributed by atoms with Crippen molar-refractivity contribution in [3.8, 4) is 11.5 Å². The minimum Gasteiger partial charge on any atom is -0.493 e. The molecule has 0 saturated carbocycles. The summed E-state index contributed by atoms with van der Waals surface area (Å²) in [6.45, 7) is 0.347. The van der Waals surface area contributed by atoms with Crippen LogP contribution in [0.15, 0.2) is 48.5 Å². The maximum absolute atomic E-state index is 12.2. The molecule has 0 bridgehead atoms. The van der Waals surface area contributed by atoms with Crippen molar-refractivity contribution < 1.29 is 23.9 Å². The van der Waals surface area contributed by atoms with Gasteiger partial charge in [0, 0.05) is 38.3 Å². The van der Waals surface area contributed by atoms with E-state index in [1.807, 2.05) is 30.3 Å². The number of benzene rings is 2. The number of amides is 4. The van der Waals surface area contributed by atoms with E-state index in [1.165, 1.54) is 13.2 Å². The molecule has 2 aromatic carbocycles. The molecule has 0 saturated heterocycles. The summed E-state index contributed by atoms with van der Waals surface area (Å²) in [5.74, 6) is -0.223. The van der Waals surface area contributed by atoms with Crippen LogP contribution in [0.3, 0.4) is 0 Å². The summed E-state index contributed by atoms with van der Waals surface area (Å²) in [5, 5.41) is 5.42. The van der Waals surface area contributed by atoms with E-state index in [2.05, 4.69) is 10.6 Å². The largest absolute Gasteiger partial charge is 0.493 e. The van der Waals surface area contributed by atoms with Gasteiger partial charge in [-0.05, 0) is 17.7 Å². The van der Waals surface area contributed by atoms with Crippen molar-refractivity contribution in [3.63, 3.8) is 0 Å². The van der Waals surface area contributed by atoms with Crippen molar-refractivity contribution in [2.75, 3.05) is 32.6 Å². The molecular formula is C21H26N4O5. The summed E-state index contributed by atoms with van der Waals surface area (Å²) in [5.41, 5.74) is 6.56. The van der Waals surface area contributed by atoms with Crippen LogP contribution in [0.1, 0.15) is 12.0 Å². The average molecular weight is 414 g/mol. The van der Waals surface area contributed by atoms with E-state index in [4.69, 9.17) is 15.2 Å². The number of ether oxygens (including phenoxy) is 2. The zero-order valence-corrected chi connectivity index (χ0v) is 17.0. The number of nitrogens with two attached hydrogens (primary N) is 1. The van der Waals surface area contributed by atoms with E-state index in [0.717, 1.165) is 5.56 Å². The van der Waals surface area contributed by atoms with E-state index >= 15 is 0 Å². The second kappa shape index (κ2) is 11.3. The number of nitrogens with zero attached hydrogens (tertiary/aromatic N) is 1. The van der Waals surface area contributed by atoms with Crippen LogP contribution in [0.25, 0.3) is 0 Å². The minimum absolute atomic E-state index is 0.0917. The minimum atomic E-state index is -0.625. The van der Waals surface area contributed by atoms with Crippen molar-refractivity contribution in [1.29, 1.82) is 0 Å². The smallest absolute Gasteiger partial charge is 0.317 e. The number of rotatable bonds is 10. The third-order valence-corrected chi connectivity index (χ3v) is 4.05. The van der Waals surface area contributed by atoms with Crippen molar-refractivity contribution in [2.45, 2.75) is 13.0 Å². The van der Waals surface area contributed by atoms with Gasteiger partial charge in [-0.3, -0.25) is 9.59 Å². The van der Waals surface area contributed by atoms with Crippen molar-refractivity contribution in [2.24, 2.45) is 5.73 Å². The van der Waals surface area contributed by atoms with Crippen LogP contribution in [0.4, 0.5) is 10.5 Å². The molecule has 0 aliphatic heterocycles. The monoisotopic (exact) mass is 414 g/mol. The standard InChI is InChI=1S/C21H26N4O5/c1-25(13-15-6-4-3-5-7-15)21(28)23-11-10-20(27)24-16-8-9-17(29-2)18(12-16)30-14-19(22)26/h3-9,12H,10-11,13-14H2,1-2H3,(H2,22,26)(H,23,28)(H,24,27). The van der Waals surface area contributed by atoms with Gasteiger partial charge in [0.05, 0.1) is 7.11 Å². The van der Waals surface area contributed by atoms with Crippen LogP contribution in [-0.4, -0.2) is 50.1 Å². The van der Waals surface area contributed by atoms with Crippen molar-refractivity contribution in [1.82, 2.24) is 10.2 Å². The molecule has 0 aliphatic carbocycles. The molecule has 0 aliphatic rings. The number of anilines is 1. The molecule has 9 heteroatoms. The molecule has 0 aromatic heterocycles. The Hall–Kier alpha value is -3.75. The SMILES string of the molecule is COc1ccc(NC(=O)CCNC(=O)N(C)Cc2ccccc2)cc1OCC(N)=O. The third-order valence-electron chi connectivity index (χ3n) is 4.05. The number of carbonyl (C=O) groups excluding carboxylic acids is 3. The first-order valence-electron chi connectivity index (χ1n) is 9.31. The number of nitrogens with one attached hydrogen (secondary N) is 2. The van der Waals surface area contributed by atoms with E-state index < -0.39 is 5.91 Å². The molecule has 0 fully saturated rings. The van der Waals surface area contributed by atoms with E-state index in [-0.39, 0.29) is 37.3 Å². The number of methoxy groups -OCH3 is 1. The molecule has 0 heterocycles. The third kappa shape index (κ3) is 7.34. The predicted molar refractivity (Wildman–Crippen MR) is 112 cm³/mol. The maximum Gasteiger partial charge on any atom is 0.317 e. The second-order valence-corrected chi connectivity index (χ2v) is 6.49. The van der Waals surface area contributed by atoms with Crippen molar-refractivity contribution in [3.05, 3.63) is 54.1 Å². The highest BCUT2D eigenvalue weighted by Gasteiger charge is 2.11. The van der Waals surface area contributed by atoms with Gasteiger partial charge in [-0.25, -0.2) is 4.79 Å². The fourth-order valence-corrected chi connectivity index (χ4v) is 2.59. The molecule has 0 unspecified atom stereocenters. The van der Waals surface area contributed by atoms with Gasteiger partial charge < -0.3 is 30.7 Å². The molecular weight excluding hydrogens is 388 g/mol. The van der Waals surface area contributed by atoms with E-state index in [0.29, 0.717) is 18.0 Å². The van der Waals surface area contributed by atoms with Crippen LogP contribution in [0.5, 0.6) is 11.5 Å². The van der Waals surface area contributed by atoms with Crippen LogP contribution in [0, 0.1) is 0 Å². The van der Waals surface area contributed by atoms with Gasteiger partial charge in [0.25, 0.3) is 5.91 Å². The molecule has 4 N–H and O–H groups in total. The molecule has 4 amide bonds. The quantitative estimate of drug-likeness (QED) is 0.546. The Morgan fingerprint density at radius 2 is 1.80 bits per heavy atom. The number of urea groups is 1. The lowest BCUT2D eigenvalue weighted by atomic mass is 10.2. The van der Waals surface area contributed by atoms with Crippen LogP contribution in [-0.2, 0) is 16.1 Å². The molecule has 0 radical (unpaired) electrons. The summed E-state index contributed by atoms with van der Waals surface area (Å²) in [4.78, 5) is 36.8. The fourth-order valence-electron chi connectivity index (χ4n) is 2.59. The highest BCUT2D eigenvalue weighted by Crippen LogP contribution is 2.30. The molecule has 30 heavy (non-hydrogen) atoms. The fraction of sp³-hybridized carbons (Fsp3) is 0.286. The Kier molecular flexibility index (Phi) is 8.49. The van der Waals surface area contributed by atoms with Gasteiger partial charge >= 0.3 is 6.03 Å². The van der Waals surface area contributed by atoms with Gasteiger partial charge in [-0.1, -0.05) is 30.3 Å². The van der Waals surface area contributed by atoms with E-state index in [9.17, 15) is 14.4 Å². The predicted octanol–water partition coefficient (Wildman–Crippen LogP) is 1.73. The Bertz CT molecular complexity index is 873. The average Bonchev–Trinajstić information content (AvgIpc) is 2.73. The van der Waals surface area contributed by atoms with E-state index in [1.54, 1.807) is 24.1 Å². The lowest BCUT2D eigenvalue weighted by Gasteiger charge is -2.18. The highest BCUT2D eigenvalue weighted by molar-refractivity contribution is 5.91. The lowest BCUT2D eigenvalue weighted by Crippen LogP contribution is -2.38. The molecule has 9 nitrogen and oxygen atoms in total. The highest BCUT2D eigenvalue weighted by atomic mass is 16.5. The van der Waals surface area contributed by atoms with Crippen LogP contribution < -0.4 is 25.8 Å². The number of hydrogen-bond donors (Lipinski definition) is 3. The summed E-state index contributed by atoms with van der Waals surface area (Å²) < 4.78 is 10.4. The Morgan fingerprint density at radius 3 is 2.47 bits per heavy atom. The zero-order valence-electron chi connectivity index (χ0n) is 17.0. The normalized spacial score (nSPS) is 10.1. The summed E-state index contributed by atoms with van der Waals surface area (Å²) >= 11 is 0. The first kappa shape index (κ1) is 22.5. The van der Waals surface area contributed by atoms with Crippen LogP contribution in [0.2, 0.25) is 0 Å². The first-order chi connectivity index (χ1) is 14.4. The second-order valence-electron chi connectivity index (χ2n) is 6.49. The molecule has 0 spiro atoms. The summed E-state index contributed by atoms with van der Waals surface area (Å²) in [7, 11) is 3.15.